The Bertz CT molecular complexity index is 805. The van der Waals surface area contributed by atoms with Gasteiger partial charge in [-0.15, -0.1) is 0 Å². The van der Waals surface area contributed by atoms with Crippen LogP contribution >= 0.6 is 0 Å². The van der Waals surface area contributed by atoms with Gasteiger partial charge in [-0.3, -0.25) is 0 Å². The molecule has 0 saturated carbocycles. The van der Waals surface area contributed by atoms with E-state index in [-0.39, 0.29) is 4.90 Å². The van der Waals surface area contributed by atoms with Gasteiger partial charge in [0.25, 0.3) is 0 Å². The zero-order valence-electron chi connectivity index (χ0n) is 12.0. The van der Waals surface area contributed by atoms with E-state index in [9.17, 15) is 12.8 Å². The van der Waals surface area contributed by atoms with E-state index in [0.29, 0.717) is 24.3 Å². The maximum Gasteiger partial charge on any atom is 0.241 e. The molecule has 6 heteroatoms. The lowest BCUT2D eigenvalue weighted by atomic mass is 10.0. The smallest absolute Gasteiger partial charge is 0.241 e. The standard InChI is InChI=1S/C16H16FNO3S/c1-11-3-2-4-13(9-11)22(19,20)18-15-7-8-21-16-6-5-12(17)10-14(15)16/h2-6,9-10,15,18H,7-8H2,1H3. The molecule has 0 amide bonds. The number of benzene rings is 2. The molecule has 2 aromatic rings. The first kappa shape index (κ1) is 15.0. The van der Waals surface area contributed by atoms with Crippen molar-refractivity contribution in [3.05, 3.63) is 59.4 Å². The zero-order chi connectivity index (χ0) is 15.7. The van der Waals surface area contributed by atoms with Crippen molar-refractivity contribution < 1.29 is 17.5 Å². The molecular weight excluding hydrogens is 305 g/mol. The fourth-order valence-electron chi connectivity index (χ4n) is 2.53. The van der Waals surface area contributed by atoms with Gasteiger partial charge < -0.3 is 4.74 Å². The molecular formula is C16H16FNO3S. The second-order valence-corrected chi connectivity index (χ2v) is 7.02. The van der Waals surface area contributed by atoms with E-state index in [0.717, 1.165) is 5.56 Å². The van der Waals surface area contributed by atoms with Crippen LogP contribution in [0.3, 0.4) is 0 Å². The molecule has 1 atom stereocenters. The van der Waals surface area contributed by atoms with Crippen LogP contribution in [-0.2, 0) is 10.0 Å². The van der Waals surface area contributed by atoms with Crippen LogP contribution in [0, 0.1) is 12.7 Å². The van der Waals surface area contributed by atoms with Crippen molar-refractivity contribution in [2.24, 2.45) is 0 Å². The first-order chi connectivity index (χ1) is 10.5. The van der Waals surface area contributed by atoms with Gasteiger partial charge in [-0.1, -0.05) is 12.1 Å². The van der Waals surface area contributed by atoms with Crippen LogP contribution in [0.25, 0.3) is 0 Å². The first-order valence-corrected chi connectivity index (χ1v) is 8.45. The van der Waals surface area contributed by atoms with Gasteiger partial charge in [0.15, 0.2) is 0 Å². The second kappa shape index (κ2) is 5.70. The van der Waals surface area contributed by atoms with E-state index < -0.39 is 21.9 Å². The van der Waals surface area contributed by atoms with E-state index in [1.54, 1.807) is 18.2 Å². The second-order valence-electron chi connectivity index (χ2n) is 5.31. The lowest BCUT2D eigenvalue weighted by Gasteiger charge is -2.26. The molecule has 0 radical (unpaired) electrons. The third-order valence-corrected chi connectivity index (χ3v) is 5.08. The van der Waals surface area contributed by atoms with Crippen molar-refractivity contribution in [1.82, 2.24) is 4.72 Å². The highest BCUT2D eigenvalue weighted by Gasteiger charge is 2.27. The normalized spacial score (nSPS) is 17.6. The Morgan fingerprint density at radius 2 is 2.05 bits per heavy atom. The number of hydrogen-bond acceptors (Lipinski definition) is 3. The molecule has 0 fully saturated rings. The predicted molar refractivity (Wildman–Crippen MR) is 80.8 cm³/mol. The fraction of sp³-hybridized carbons (Fsp3) is 0.250. The van der Waals surface area contributed by atoms with Gasteiger partial charge in [0, 0.05) is 12.0 Å². The highest BCUT2D eigenvalue weighted by molar-refractivity contribution is 7.89. The van der Waals surface area contributed by atoms with Gasteiger partial charge in [0.05, 0.1) is 17.5 Å². The fourth-order valence-corrected chi connectivity index (χ4v) is 3.88. The van der Waals surface area contributed by atoms with Crippen LogP contribution < -0.4 is 9.46 Å². The van der Waals surface area contributed by atoms with Gasteiger partial charge >= 0.3 is 0 Å². The van der Waals surface area contributed by atoms with Crippen LogP contribution in [0.1, 0.15) is 23.6 Å². The molecule has 3 rings (SSSR count). The Kier molecular flexibility index (Phi) is 3.88. The highest BCUT2D eigenvalue weighted by Crippen LogP contribution is 2.33. The van der Waals surface area contributed by atoms with Crippen molar-refractivity contribution >= 4 is 10.0 Å². The number of fused-ring (bicyclic) bond motifs is 1. The van der Waals surface area contributed by atoms with Gasteiger partial charge in [0.2, 0.25) is 10.0 Å². The van der Waals surface area contributed by atoms with Gasteiger partial charge in [-0.05, 0) is 42.8 Å². The number of hydrogen-bond donors (Lipinski definition) is 1. The molecule has 0 saturated heterocycles. The third-order valence-electron chi connectivity index (χ3n) is 3.61. The molecule has 1 unspecified atom stereocenters. The number of ether oxygens (including phenoxy) is 1. The van der Waals surface area contributed by atoms with Crippen molar-refractivity contribution in [3.63, 3.8) is 0 Å². The van der Waals surface area contributed by atoms with E-state index in [1.807, 2.05) is 13.0 Å². The monoisotopic (exact) mass is 321 g/mol. The van der Waals surface area contributed by atoms with Crippen LogP contribution in [0.15, 0.2) is 47.4 Å². The molecule has 1 aliphatic rings. The van der Waals surface area contributed by atoms with Crippen molar-refractivity contribution in [1.29, 1.82) is 0 Å². The zero-order valence-corrected chi connectivity index (χ0v) is 12.9. The summed E-state index contributed by atoms with van der Waals surface area (Å²) in [4.78, 5) is 0.206. The van der Waals surface area contributed by atoms with Crippen LogP contribution in [0.2, 0.25) is 0 Å². The molecule has 0 bridgehead atoms. The van der Waals surface area contributed by atoms with Gasteiger partial charge in [-0.2, -0.15) is 0 Å². The number of halogens is 1. The molecule has 1 aliphatic heterocycles. The van der Waals surface area contributed by atoms with Crippen molar-refractivity contribution in [3.8, 4) is 5.75 Å². The molecule has 22 heavy (non-hydrogen) atoms. The Hall–Kier alpha value is -1.92. The van der Waals surface area contributed by atoms with E-state index in [2.05, 4.69) is 4.72 Å². The number of sulfonamides is 1. The lowest BCUT2D eigenvalue weighted by Crippen LogP contribution is -2.32. The van der Waals surface area contributed by atoms with Crippen LogP contribution in [-0.4, -0.2) is 15.0 Å². The summed E-state index contributed by atoms with van der Waals surface area (Å²) in [6.45, 7) is 2.22. The molecule has 116 valence electrons. The molecule has 1 N–H and O–H groups in total. The van der Waals surface area contributed by atoms with Crippen LogP contribution in [0.4, 0.5) is 4.39 Å². The molecule has 0 spiro atoms. The van der Waals surface area contributed by atoms with Crippen LogP contribution in [0.5, 0.6) is 5.75 Å². The Morgan fingerprint density at radius 1 is 1.23 bits per heavy atom. The summed E-state index contributed by atoms with van der Waals surface area (Å²) in [5.41, 5.74) is 1.39. The average Bonchev–Trinajstić information content (AvgIpc) is 2.48. The number of nitrogens with one attached hydrogen (secondary N) is 1. The minimum absolute atomic E-state index is 0.206. The summed E-state index contributed by atoms with van der Waals surface area (Å²) in [6.07, 6.45) is 0.460. The summed E-state index contributed by atoms with van der Waals surface area (Å²) in [6, 6.07) is 10.3. The van der Waals surface area contributed by atoms with Crippen molar-refractivity contribution in [2.75, 3.05) is 6.61 Å². The van der Waals surface area contributed by atoms with Crippen molar-refractivity contribution in [2.45, 2.75) is 24.3 Å². The largest absolute Gasteiger partial charge is 0.493 e. The molecule has 2 aromatic carbocycles. The Labute approximate surface area is 129 Å². The van der Waals surface area contributed by atoms with Gasteiger partial charge in [-0.25, -0.2) is 17.5 Å². The highest BCUT2D eigenvalue weighted by atomic mass is 32.2. The molecule has 1 heterocycles. The third kappa shape index (κ3) is 2.98. The van der Waals surface area contributed by atoms with Gasteiger partial charge in [0.1, 0.15) is 11.6 Å². The minimum Gasteiger partial charge on any atom is -0.493 e. The Morgan fingerprint density at radius 3 is 2.82 bits per heavy atom. The summed E-state index contributed by atoms with van der Waals surface area (Å²) in [5.74, 6) is 0.105. The average molecular weight is 321 g/mol. The SMILES string of the molecule is Cc1cccc(S(=O)(=O)NC2CCOc3ccc(F)cc32)c1. The Balaban J connectivity index is 1.93. The quantitative estimate of drug-likeness (QED) is 0.945. The number of aryl methyl sites for hydroxylation is 1. The molecule has 4 nitrogen and oxygen atoms in total. The van der Waals surface area contributed by atoms with E-state index in [4.69, 9.17) is 4.74 Å². The summed E-state index contributed by atoms with van der Waals surface area (Å²) in [7, 11) is -3.67. The minimum atomic E-state index is -3.67. The summed E-state index contributed by atoms with van der Waals surface area (Å²) in [5, 5.41) is 0. The predicted octanol–water partition coefficient (Wildman–Crippen LogP) is 2.94. The lowest BCUT2D eigenvalue weighted by molar-refractivity contribution is 0.262. The molecule has 0 aliphatic carbocycles. The summed E-state index contributed by atoms with van der Waals surface area (Å²) < 4.78 is 46.5. The first-order valence-electron chi connectivity index (χ1n) is 6.97. The van der Waals surface area contributed by atoms with E-state index >= 15 is 0 Å². The maximum absolute atomic E-state index is 13.4. The summed E-state index contributed by atoms with van der Waals surface area (Å²) >= 11 is 0. The maximum atomic E-state index is 13.4. The molecule has 0 aromatic heterocycles. The number of rotatable bonds is 3. The van der Waals surface area contributed by atoms with E-state index in [1.165, 1.54) is 18.2 Å². The topological polar surface area (TPSA) is 55.4 Å².